The van der Waals surface area contributed by atoms with Crippen molar-refractivity contribution >= 4 is 33.4 Å². The summed E-state index contributed by atoms with van der Waals surface area (Å²) in [5.41, 5.74) is -0.361. The number of aromatic nitrogens is 1. The molecule has 0 bridgehead atoms. The third-order valence-corrected chi connectivity index (χ3v) is 3.74. The van der Waals surface area contributed by atoms with Crippen LogP contribution in [0.2, 0.25) is 5.15 Å². The van der Waals surface area contributed by atoms with E-state index in [1.54, 1.807) is 17.2 Å². The summed E-state index contributed by atoms with van der Waals surface area (Å²) >= 11 is 9.17. The fourth-order valence-corrected chi connectivity index (χ4v) is 2.69. The van der Waals surface area contributed by atoms with Crippen molar-refractivity contribution in [3.8, 4) is 0 Å². The van der Waals surface area contributed by atoms with E-state index in [1.165, 1.54) is 0 Å². The van der Waals surface area contributed by atoms with Crippen LogP contribution in [0.3, 0.4) is 0 Å². The normalized spacial score (nSPS) is 17.4. The van der Waals surface area contributed by atoms with Crippen LogP contribution in [0.4, 0.5) is 0 Å². The quantitative estimate of drug-likeness (QED) is 0.865. The van der Waals surface area contributed by atoms with Gasteiger partial charge in [-0.2, -0.15) is 0 Å². The Morgan fingerprint density at radius 2 is 2.33 bits per heavy atom. The lowest BCUT2D eigenvalue weighted by Gasteiger charge is -2.46. The largest absolute Gasteiger partial charge is 0.386 e. The zero-order chi connectivity index (χ0) is 13.3. The van der Waals surface area contributed by atoms with Crippen LogP contribution in [0.1, 0.15) is 30.1 Å². The summed E-state index contributed by atoms with van der Waals surface area (Å²) in [4.78, 5) is 17.7. The van der Waals surface area contributed by atoms with Gasteiger partial charge in [0.25, 0.3) is 5.91 Å². The molecule has 1 aliphatic rings. The minimum absolute atomic E-state index is 0.186. The van der Waals surface area contributed by atoms with Gasteiger partial charge in [0.15, 0.2) is 0 Å². The van der Waals surface area contributed by atoms with E-state index in [0.717, 1.165) is 6.42 Å². The zero-order valence-corrected chi connectivity index (χ0v) is 12.3. The molecule has 1 aromatic heterocycles. The molecule has 1 N–H and O–H groups in total. The average molecular weight is 334 g/mol. The fraction of sp³-hybridized carbons (Fsp3) is 0.500. The molecular formula is C12H14BrClN2O2. The summed E-state index contributed by atoms with van der Waals surface area (Å²) < 4.78 is 0.708. The van der Waals surface area contributed by atoms with Gasteiger partial charge in [0.05, 0.1) is 24.3 Å². The first-order valence-corrected chi connectivity index (χ1v) is 6.95. The first kappa shape index (κ1) is 13.8. The van der Waals surface area contributed by atoms with Crippen molar-refractivity contribution in [2.24, 2.45) is 0 Å². The molecule has 1 aromatic rings. The number of halogens is 2. The number of hydrogen-bond donors (Lipinski definition) is 1. The lowest BCUT2D eigenvalue weighted by molar-refractivity contribution is -0.0860. The Morgan fingerprint density at radius 3 is 2.94 bits per heavy atom. The Kier molecular flexibility index (Phi) is 3.94. The minimum Gasteiger partial charge on any atom is -0.386 e. The van der Waals surface area contributed by atoms with E-state index in [9.17, 15) is 9.90 Å². The lowest BCUT2D eigenvalue weighted by atomic mass is 9.89. The van der Waals surface area contributed by atoms with Crippen LogP contribution < -0.4 is 0 Å². The second-order valence-electron chi connectivity index (χ2n) is 4.63. The molecule has 0 saturated carbocycles. The molecule has 1 aliphatic heterocycles. The van der Waals surface area contributed by atoms with Crippen molar-refractivity contribution in [3.63, 3.8) is 0 Å². The predicted octanol–water partition coefficient (Wildman–Crippen LogP) is 2.48. The summed E-state index contributed by atoms with van der Waals surface area (Å²) in [5.74, 6) is -0.186. The summed E-state index contributed by atoms with van der Waals surface area (Å²) in [6.07, 6.45) is 3.15. The number of aliphatic hydroxyl groups is 1. The van der Waals surface area contributed by atoms with E-state index in [4.69, 9.17) is 11.6 Å². The number of carbonyl (C=O) groups excluding carboxylic acids is 1. The van der Waals surface area contributed by atoms with E-state index in [1.807, 2.05) is 6.92 Å². The van der Waals surface area contributed by atoms with Gasteiger partial charge >= 0.3 is 0 Å². The summed E-state index contributed by atoms with van der Waals surface area (Å²) in [6.45, 7) is 2.74. The molecule has 4 nitrogen and oxygen atoms in total. The van der Waals surface area contributed by atoms with E-state index in [2.05, 4.69) is 20.9 Å². The van der Waals surface area contributed by atoms with Gasteiger partial charge in [0.2, 0.25) is 0 Å². The SMILES string of the molecule is CCCC1(O)CN(C(=O)c2cc(Br)cnc2Cl)C1. The molecule has 0 atom stereocenters. The van der Waals surface area contributed by atoms with E-state index < -0.39 is 5.60 Å². The number of carbonyl (C=O) groups is 1. The molecule has 6 heteroatoms. The number of rotatable bonds is 3. The number of nitrogens with zero attached hydrogens (tertiary/aromatic N) is 2. The van der Waals surface area contributed by atoms with Crippen LogP contribution in [0.25, 0.3) is 0 Å². The van der Waals surface area contributed by atoms with Crippen molar-refractivity contribution < 1.29 is 9.90 Å². The number of amides is 1. The van der Waals surface area contributed by atoms with Gasteiger partial charge in [-0.25, -0.2) is 4.98 Å². The molecule has 0 spiro atoms. The van der Waals surface area contributed by atoms with E-state index >= 15 is 0 Å². The number of hydrogen-bond acceptors (Lipinski definition) is 3. The minimum atomic E-state index is -0.726. The molecule has 1 amide bonds. The Bertz CT molecular complexity index is 475. The van der Waals surface area contributed by atoms with Gasteiger partial charge in [-0.15, -0.1) is 0 Å². The summed E-state index contributed by atoms with van der Waals surface area (Å²) in [6, 6.07) is 1.65. The molecular weight excluding hydrogens is 320 g/mol. The highest BCUT2D eigenvalue weighted by atomic mass is 79.9. The Morgan fingerprint density at radius 1 is 1.67 bits per heavy atom. The van der Waals surface area contributed by atoms with Crippen molar-refractivity contribution in [1.29, 1.82) is 0 Å². The molecule has 98 valence electrons. The standard InChI is InChI=1S/C12H14BrClN2O2/c1-2-3-12(18)6-16(7-12)11(17)9-4-8(13)5-15-10(9)14/h4-5,18H,2-3,6-7H2,1H3. The number of likely N-dealkylation sites (tertiary alicyclic amines) is 1. The Hall–Kier alpha value is -0.650. The predicted molar refractivity (Wildman–Crippen MR) is 72.7 cm³/mol. The molecule has 0 unspecified atom stereocenters. The molecule has 0 aliphatic carbocycles. The second kappa shape index (κ2) is 5.15. The molecule has 18 heavy (non-hydrogen) atoms. The smallest absolute Gasteiger partial charge is 0.257 e. The van der Waals surface area contributed by atoms with Gasteiger partial charge in [0, 0.05) is 10.7 Å². The third-order valence-electron chi connectivity index (χ3n) is 3.01. The number of pyridine rings is 1. The molecule has 0 aromatic carbocycles. The summed E-state index contributed by atoms with van der Waals surface area (Å²) in [5, 5.41) is 10.2. The van der Waals surface area contributed by atoms with E-state index in [-0.39, 0.29) is 11.1 Å². The van der Waals surface area contributed by atoms with Gasteiger partial charge in [-0.3, -0.25) is 4.79 Å². The van der Waals surface area contributed by atoms with Crippen LogP contribution in [0.15, 0.2) is 16.7 Å². The zero-order valence-electron chi connectivity index (χ0n) is 9.99. The molecule has 0 radical (unpaired) electrons. The second-order valence-corrected chi connectivity index (χ2v) is 5.90. The summed E-state index contributed by atoms with van der Waals surface area (Å²) in [7, 11) is 0. The monoisotopic (exact) mass is 332 g/mol. The Labute approximate surface area is 119 Å². The van der Waals surface area contributed by atoms with Crippen LogP contribution in [0.5, 0.6) is 0 Å². The third kappa shape index (κ3) is 2.68. The maximum atomic E-state index is 12.2. The van der Waals surface area contributed by atoms with Crippen LogP contribution in [-0.2, 0) is 0 Å². The molecule has 2 heterocycles. The molecule has 2 rings (SSSR count). The Balaban J connectivity index is 2.08. The van der Waals surface area contributed by atoms with Gasteiger partial charge in [-0.05, 0) is 28.4 Å². The number of β-amino-alcohol motifs (C(OH)–C–C–N with tert-alkyl or cyclic N) is 1. The van der Waals surface area contributed by atoms with Crippen molar-refractivity contribution in [2.75, 3.05) is 13.1 Å². The van der Waals surface area contributed by atoms with Crippen LogP contribution in [0, 0.1) is 0 Å². The highest BCUT2D eigenvalue weighted by Crippen LogP contribution is 2.29. The highest BCUT2D eigenvalue weighted by molar-refractivity contribution is 9.10. The first-order chi connectivity index (χ1) is 8.45. The fourth-order valence-electron chi connectivity index (χ4n) is 2.17. The highest BCUT2D eigenvalue weighted by Gasteiger charge is 2.43. The maximum Gasteiger partial charge on any atom is 0.257 e. The average Bonchev–Trinajstić information content (AvgIpc) is 2.28. The van der Waals surface area contributed by atoms with E-state index in [0.29, 0.717) is 29.5 Å². The first-order valence-electron chi connectivity index (χ1n) is 5.78. The maximum absolute atomic E-state index is 12.2. The lowest BCUT2D eigenvalue weighted by Crippen LogP contribution is -2.63. The van der Waals surface area contributed by atoms with Crippen LogP contribution >= 0.6 is 27.5 Å². The van der Waals surface area contributed by atoms with Crippen molar-refractivity contribution in [3.05, 3.63) is 27.5 Å². The van der Waals surface area contributed by atoms with Crippen molar-refractivity contribution in [1.82, 2.24) is 9.88 Å². The van der Waals surface area contributed by atoms with Crippen LogP contribution in [-0.4, -0.2) is 39.6 Å². The van der Waals surface area contributed by atoms with Gasteiger partial charge < -0.3 is 10.0 Å². The van der Waals surface area contributed by atoms with Gasteiger partial charge in [-0.1, -0.05) is 24.9 Å². The topological polar surface area (TPSA) is 53.4 Å². The van der Waals surface area contributed by atoms with Crippen molar-refractivity contribution in [2.45, 2.75) is 25.4 Å². The molecule has 1 saturated heterocycles. The molecule has 1 fully saturated rings. The van der Waals surface area contributed by atoms with Gasteiger partial charge in [0.1, 0.15) is 5.15 Å².